The van der Waals surface area contributed by atoms with E-state index in [2.05, 4.69) is 5.32 Å². The summed E-state index contributed by atoms with van der Waals surface area (Å²) in [5.41, 5.74) is 0.253. The Morgan fingerprint density at radius 3 is 2.38 bits per heavy atom. The summed E-state index contributed by atoms with van der Waals surface area (Å²) >= 11 is 0. The molecule has 0 spiro atoms. The highest BCUT2D eigenvalue weighted by molar-refractivity contribution is 5.99. The maximum absolute atomic E-state index is 12.9. The molecule has 1 aliphatic heterocycles. The van der Waals surface area contributed by atoms with Gasteiger partial charge in [-0.3, -0.25) is 9.59 Å². The number of hydrogen-bond donors (Lipinski definition) is 1. The first kappa shape index (κ1) is 15.5. The monoisotopic (exact) mass is 288 g/mol. The summed E-state index contributed by atoms with van der Waals surface area (Å²) < 4.78 is 0. The number of carbonyl (C=O) groups is 2. The minimum absolute atomic E-state index is 0.00723. The highest BCUT2D eigenvalue weighted by Gasteiger charge is 2.48. The molecule has 1 N–H and O–H groups in total. The fourth-order valence-electron chi connectivity index (χ4n) is 2.92. The second-order valence-corrected chi connectivity index (χ2v) is 5.90. The quantitative estimate of drug-likeness (QED) is 0.926. The third kappa shape index (κ3) is 2.67. The van der Waals surface area contributed by atoms with Crippen LogP contribution in [-0.2, 0) is 9.59 Å². The lowest BCUT2D eigenvalue weighted by Crippen LogP contribution is -2.69. The molecule has 1 heterocycles. The topological polar surface area (TPSA) is 49.4 Å². The van der Waals surface area contributed by atoms with Gasteiger partial charge in [-0.25, -0.2) is 0 Å². The molecule has 4 heteroatoms. The van der Waals surface area contributed by atoms with E-state index in [4.69, 9.17) is 0 Å². The van der Waals surface area contributed by atoms with Crippen LogP contribution in [0.5, 0.6) is 0 Å². The van der Waals surface area contributed by atoms with E-state index in [0.29, 0.717) is 12.8 Å². The first-order valence-corrected chi connectivity index (χ1v) is 7.64. The first-order chi connectivity index (χ1) is 9.94. The second-order valence-electron chi connectivity index (χ2n) is 5.90. The molecule has 1 aromatic rings. The van der Waals surface area contributed by atoms with Crippen molar-refractivity contribution in [1.29, 1.82) is 0 Å². The highest BCUT2D eigenvalue weighted by Crippen LogP contribution is 2.31. The summed E-state index contributed by atoms with van der Waals surface area (Å²) in [6.07, 6.45) is 1.21. The van der Waals surface area contributed by atoms with Crippen LogP contribution in [0.4, 0.5) is 0 Å². The molecule has 0 aromatic heterocycles. The van der Waals surface area contributed by atoms with Gasteiger partial charge in [0, 0.05) is 0 Å². The molecule has 21 heavy (non-hydrogen) atoms. The molecule has 1 aliphatic rings. The molecule has 3 atom stereocenters. The van der Waals surface area contributed by atoms with E-state index in [0.717, 1.165) is 5.56 Å². The highest BCUT2D eigenvalue weighted by atomic mass is 16.2. The van der Waals surface area contributed by atoms with Crippen LogP contribution < -0.4 is 5.32 Å². The van der Waals surface area contributed by atoms with E-state index in [1.54, 1.807) is 4.90 Å². The summed E-state index contributed by atoms with van der Waals surface area (Å²) in [7, 11) is 0. The molecule has 2 rings (SSSR count). The molecule has 114 valence electrons. The Labute approximate surface area is 126 Å². The Hall–Kier alpha value is -1.84. The molecule has 3 unspecified atom stereocenters. The summed E-state index contributed by atoms with van der Waals surface area (Å²) in [6, 6.07) is 9.36. The van der Waals surface area contributed by atoms with Crippen molar-refractivity contribution in [2.24, 2.45) is 0 Å². The summed E-state index contributed by atoms with van der Waals surface area (Å²) in [6.45, 7) is 7.67. The van der Waals surface area contributed by atoms with Crippen molar-refractivity contribution in [2.75, 3.05) is 0 Å². The molecule has 1 saturated heterocycles. The zero-order valence-corrected chi connectivity index (χ0v) is 13.2. The van der Waals surface area contributed by atoms with Gasteiger partial charge in [0.25, 0.3) is 0 Å². The van der Waals surface area contributed by atoms with Gasteiger partial charge in [-0.2, -0.15) is 0 Å². The van der Waals surface area contributed by atoms with Crippen LogP contribution in [0.1, 0.15) is 52.1 Å². The van der Waals surface area contributed by atoms with Crippen molar-refractivity contribution >= 4 is 11.8 Å². The number of carbonyl (C=O) groups excluding carboxylic acids is 2. The van der Waals surface area contributed by atoms with E-state index in [9.17, 15) is 9.59 Å². The van der Waals surface area contributed by atoms with Gasteiger partial charge in [0.1, 0.15) is 11.6 Å². The minimum atomic E-state index is -0.800. The smallest absolute Gasteiger partial charge is 0.249 e. The van der Waals surface area contributed by atoms with Gasteiger partial charge in [-0.15, -0.1) is 0 Å². The average molecular weight is 288 g/mol. The Kier molecular flexibility index (Phi) is 4.35. The number of nitrogens with zero attached hydrogens (tertiary/aromatic N) is 1. The predicted molar refractivity (Wildman–Crippen MR) is 82.6 cm³/mol. The Morgan fingerprint density at radius 2 is 1.86 bits per heavy atom. The zero-order valence-electron chi connectivity index (χ0n) is 13.2. The lowest BCUT2D eigenvalue weighted by Gasteiger charge is -2.46. The third-order valence-electron chi connectivity index (χ3n) is 4.54. The number of hydrogen-bond acceptors (Lipinski definition) is 2. The SMILES string of the molecule is CCC1C(=O)NC(C)(CC)C(=O)N1C(C)c1ccccc1. The second kappa shape index (κ2) is 5.88. The van der Waals surface area contributed by atoms with Crippen molar-refractivity contribution in [3.63, 3.8) is 0 Å². The molecule has 1 fully saturated rings. The largest absolute Gasteiger partial charge is 0.340 e. The van der Waals surface area contributed by atoms with Crippen molar-refractivity contribution in [1.82, 2.24) is 10.2 Å². The molecule has 0 saturated carbocycles. The molecule has 0 bridgehead atoms. The van der Waals surface area contributed by atoms with Crippen molar-refractivity contribution in [2.45, 2.75) is 58.2 Å². The lowest BCUT2D eigenvalue weighted by molar-refractivity contribution is -0.157. The molecule has 0 aliphatic carbocycles. The van der Waals surface area contributed by atoms with Crippen LogP contribution in [0.3, 0.4) is 0 Å². The van der Waals surface area contributed by atoms with Crippen LogP contribution in [0.2, 0.25) is 0 Å². The fraction of sp³-hybridized carbons (Fsp3) is 0.529. The molecule has 4 nitrogen and oxygen atoms in total. The Morgan fingerprint density at radius 1 is 1.24 bits per heavy atom. The van der Waals surface area contributed by atoms with Crippen molar-refractivity contribution in [3.8, 4) is 0 Å². The number of piperazine rings is 1. The third-order valence-corrected chi connectivity index (χ3v) is 4.54. The average Bonchev–Trinajstić information content (AvgIpc) is 2.50. The van der Waals surface area contributed by atoms with Gasteiger partial charge >= 0.3 is 0 Å². The summed E-state index contributed by atoms with van der Waals surface area (Å²) in [5, 5.41) is 2.90. The van der Waals surface area contributed by atoms with Gasteiger partial charge in [0.2, 0.25) is 11.8 Å². The van der Waals surface area contributed by atoms with E-state index in [1.165, 1.54) is 0 Å². The predicted octanol–water partition coefficient (Wildman–Crippen LogP) is 2.65. The van der Waals surface area contributed by atoms with Gasteiger partial charge in [-0.1, -0.05) is 44.2 Å². The molecule has 1 aromatic carbocycles. The van der Waals surface area contributed by atoms with Crippen LogP contribution >= 0.6 is 0 Å². The van der Waals surface area contributed by atoms with Crippen molar-refractivity contribution < 1.29 is 9.59 Å². The van der Waals surface area contributed by atoms with Crippen LogP contribution in [0, 0.1) is 0 Å². The maximum Gasteiger partial charge on any atom is 0.249 e. The first-order valence-electron chi connectivity index (χ1n) is 7.64. The normalized spacial score (nSPS) is 27.4. The Balaban J connectivity index is 2.41. The fourth-order valence-corrected chi connectivity index (χ4v) is 2.92. The van der Waals surface area contributed by atoms with Crippen molar-refractivity contribution in [3.05, 3.63) is 35.9 Å². The Bertz CT molecular complexity index is 529. The molecule has 0 radical (unpaired) electrons. The van der Waals surface area contributed by atoms with Gasteiger partial charge in [-0.05, 0) is 32.3 Å². The summed E-state index contributed by atoms with van der Waals surface area (Å²) in [5.74, 6) is -0.0444. The standard InChI is InChI=1S/C17H24N2O2/c1-5-14-15(20)18-17(4,6-2)16(21)19(14)12(3)13-10-8-7-9-11-13/h7-12,14H,5-6H2,1-4H3,(H,18,20). The maximum atomic E-state index is 12.9. The van der Waals surface area contributed by atoms with Crippen LogP contribution in [0.15, 0.2) is 30.3 Å². The van der Waals surface area contributed by atoms with E-state index in [1.807, 2.05) is 58.0 Å². The molecule has 2 amide bonds. The van der Waals surface area contributed by atoms with Gasteiger partial charge in [0.15, 0.2) is 0 Å². The number of amides is 2. The van der Waals surface area contributed by atoms with Crippen LogP contribution in [-0.4, -0.2) is 28.3 Å². The molecular formula is C17H24N2O2. The minimum Gasteiger partial charge on any atom is -0.340 e. The number of benzene rings is 1. The van der Waals surface area contributed by atoms with Crippen LogP contribution in [0.25, 0.3) is 0 Å². The van der Waals surface area contributed by atoms with Gasteiger partial charge < -0.3 is 10.2 Å². The van der Waals surface area contributed by atoms with Gasteiger partial charge in [0.05, 0.1) is 6.04 Å². The molecular weight excluding hydrogens is 264 g/mol. The number of nitrogens with one attached hydrogen (secondary N) is 1. The number of rotatable bonds is 4. The summed E-state index contributed by atoms with van der Waals surface area (Å²) in [4.78, 5) is 27.1. The van der Waals surface area contributed by atoms with E-state index < -0.39 is 11.6 Å². The van der Waals surface area contributed by atoms with E-state index in [-0.39, 0.29) is 17.9 Å². The lowest BCUT2D eigenvalue weighted by atomic mass is 9.89. The zero-order chi connectivity index (χ0) is 15.6. The van der Waals surface area contributed by atoms with E-state index >= 15 is 0 Å².